The number of hydrogen-bond acceptors (Lipinski definition) is 0. The molecule has 0 saturated heterocycles. The molecular weight excluding hydrogens is 278 g/mol. The van der Waals surface area contributed by atoms with Crippen molar-refractivity contribution in [3.8, 4) is 0 Å². The van der Waals surface area contributed by atoms with Crippen molar-refractivity contribution in [1.29, 1.82) is 0 Å². The summed E-state index contributed by atoms with van der Waals surface area (Å²) in [5, 5.41) is 0.227. The van der Waals surface area contributed by atoms with E-state index in [1.165, 1.54) is 18.9 Å². The quantitative estimate of drug-likeness (QED) is 0.715. The second-order valence-electron chi connectivity index (χ2n) is 4.40. The van der Waals surface area contributed by atoms with Crippen LogP contribution < -0.4 is 0 Å². The van der Waals surface area contributed by atoms with Crippen LogP contribution in [-0.4, -0.2) is 4.83 Å². The minimum Gasteiger partial charge on any atom is -0.205 e. The van der Waals surface area contributed by atoms with Crippen LogP contribution in [-0.2, 0) is 6.42 Å². The van der Waals surface area contributed by atoms with E-state index in [9.17, 15) is 4.39 Å². The molecule has 1 aromatic rings. The molecule has 1 aromatic carbocycles. The number of rotatable bonds is 3. The molecule has 0 bridgehead atoms. The van der Waals surface area contributed by atoms with Gasteiger partial charge in [-0.1, -0.05) is 40.5 Å². The number of hydrogen-bond donors (Lipinski definition) is 0. The van der Waals surface area contributed by atoms with Crippen LogP contribution in [0.3, 0.4) is 0 Å². The molecule has 3 heteroatoms. The Hall–Kier alpha value is -0.0800. The highest BCUT2D eigenvalue weighted by atomic mass is 79.9. The topological polar surface area (TPSA) is 0 Å². The highest BCUT2D eigenvalue weighted by Crippen LogP contribution is 2.53. The van der Waals surface area contributed by atoms with Crippen LogP contribution in [0.25, 0.3) is 0 Å². The summed E-state index contributed by atoms with van der Waals surface area (Å²) >= 11 is 9.40. The van der Waals surface area contributed by atoms with E-state index in [2.05, 4.69) is 22.9 Å². The molecule has 1 fully saturated rings. The van der Waals surface area contributed by atoms with Crippen LogP contribution in [0.1, 0.15) is 25.3 Å². The largest absolute Gasteiger partial charge is 0.205 e. The monoisotopic (exact) mass is 290 g/mol. The predicted octanol–water partition coefficient (Wildman–Crippen LogP) is 4.59. The zero-order valence-electron chi connectivity index (χ0n) is 8.56. The van der Waals surface area contributed by atoms with E-state index in [-0.39, 0.29) is 10.8 Å². The van der Waals surface area contributed by atoms with Gasteiger partial charge >= 0.3 is 0 Å². The summed E-state index contributed by atoms with van der Waals surface area (Å²) in [5.74, 6) is -0.336. The molecule has 0 heterocycles. The highest BCUT2D eigenvalue weighted by molar-refractivity contribution is 9.09. The van der Waals surface area contributed by atoms with E-state index < -0.39 is 0 Å². The molecule has 0 amide bonds. The van der Waals surface area contributed by atoms with E-state index in [1.807, 2.05) is 6.07 Å². The fourth-order valence-electron chi connectivity index (χ4n) is 1.93. The maximum atomic E-state index is 13.0. The van der Waals surface area contributed by atoms with Gasteiger partial charge in [0.2, 0.25) is 0 Å². The Kier molecular flexibility index (Phi) is 3.09. The molecule has 0 N–H and O–H groups in total. The third-order valence-corrected chi connectivity index (χ3v) is 4.54. The highest BCUT2D eigenvalue weighted by Gasteiger charge is 2.46. The van der Waals surface area contributed by atoms with Crippen molar-refractivity contribution >= 4 is 27.5 Å². The first kappa shape index (κ1) is 11.4. The Morgan fingerprint density at radius 2 is 2.20 bits per heavy atom. The summed E-state index contributed by atoms with van der Waals surface area (Å²) in [4.78, 5) is 0.508. The van der Waals surface area contributed by atoms with Crippen molar-refractivity contribution in [2.75, 3.05) is 0 Å². The van der Waals surface area contributed by atoms with Gasteiger partial charge in [-0.15, -0.1) is 0 Å². The molecule has 1 unspecified atom stereocenters. The van der Waals surface area contributed by atoms with Crippen molar-refractivity contribution in [3.63, 3.8) is 0 Å². The van der Waals surface area contributed by atoms with Gasteiger partial charge in [-0.05, 0) is 42.4 Å². The van der Waals surface area contributed by atoms with Gasteiger partial charge in [-0.2, -0.15) is 0 Å². The molecule has 1 atom stereocenters. The fourth-order valence-corrected chi connectivity index (χ4v) is 2.75. The van der Waals surface area contributed by atoms with Crippen molar-refractivity contribution < 1.29 is 4.39 Å². The summed E-state index contributed by atoms with van der Waals surface area (Å²) in [6.45, 7) is 2.18. The van der Waals surface area contributed by atoms with Gasteiger partial charge in [-0.3, -0.25) is 0 Å². The van der Waals surface area contributed by atoms with Crippen molar-refractivity contribution in [2.45, 2.75) is 31.0 Å². The zero-order valence-corrected chi connectivity index (χ0v) is 10.9. The average molecular weight is 292 g/mol. The van der Waals surface area contributed by atoms with Crippen molar-refractivity contribution in [2.24, 2.45) is 5.41 Å². The Balaban J connectivity index is 2.15. The summed E-state index contributed by atoms with van der Waals surface area (Å²) < 4.78 is 13.0. The first-order valence-corrected chi connectivity index (χ1v) is 6.41. The molecule has 2 rings (SSSR count). The van der Waals surface area contributed by atoms with Crippen LogP contribution in [0, 0.1) is 11.2 Å². The standard InChI is InChI=1S/C12H13BrClF/c1-8(13)12(4-5-12)7-9-2-3-11(15)10(14)6-9/h2-3,6,8H,4-5,7H2,1H3. The molecule has 82 valence electrons. The Bertz CT molecular complexity index is 372. The molecule has 0 aromatic heterocycles. The lowest BCUT2D eigenvalue weighted by atomic mass is 9.94. The van der Waals surface area contributed by atoms with E-state index in [0.717, 1.165) is 12.0 Å². The first-order valence-electron chi connectivity index (χ1n) is 5.11. The molecule has 0 spiro atoms. The maximum Gasteiger partial charge on any atom is 0.141 e. The molecule has 0 radical (unpaired) electrons. The van der Waals surface area contributed by atoms with Gasteiger partial charge in [0.05, 0.1) is 5.02 Å². The van der Waals surface area contributed by atoms with Gasteiger partial charge in [-0.25, -0.2) is 4.39 Å². The third kappa shape index (κ3) is 2.36. The van der Waals surface area contributed by atoms with E-state index >= 15 is 0 Å². The minimum absolute atomic E-state index is 0.227. The number of alkyl halides is 1. The second kappa shape index (κ2) is 4.06. The van der Waals surface area contributed by atoms with Gasteiger partial charge in [0.25, 0.3) is 0 Å². The first-order chi connectivity index (χ1) is 7.03. The van der Waals surface area contributed by atoms with Crippen LogP contribution >= 0.6 is 27.5 Å². The lowest BCUT2D eigenvalue weighted by Crippen LogP contribution is -2.15. The van der Waals surface area contributed by atoms with Crippen molar-refractivity contribution in [3.05, 3.63) is 34.6 Å². The molecule has 1 aliphatic carbocycles. The van der Waals surface area contributed by atoms with Crippen LogP contribution in [0.15, 0.2) is 18.2 Å². The van der Waals surface area contributed by atoms with E-state index in [1.54, 1.807) is 6.07 Å². The number of halogens is 3. The predicted molar refractivity (Wildman–Crippen MR) is 65.2 cm³/mol. The molecule has 1 saturated carbocycles. The fraction of sp³-hybridized carbons (Fsp3) is 0.500. The molecule has 0 aliphatic heterocycles. The van der Waals surface area contributed by atoms with Gasteiger partial charge < -0.3 is 0 Å². The third-order valence-electron chi connectivity index (χ3n) is 3.28. The number of benzene rings is 1. The van der Waals surface area contributed by atoms with E-state index in [0.29, 0.717) is 10.2 Å². The van der Waals surface area contributed by atoms with Gasteiger partial charge in [0.1, 0.15) is 5.82 Å². The van der Waals surface area contributed by atoms with Crippen molar-refractivity contribution in [1.82, 2.24) is 0 Å². The summed E-state index contributed by atoms with van der Waals surface area (Å²) in [7, 11) is 0. The Labute approximate surface area is 103 Å². The molecule has 15 heavy (non-hydrogen) atoms. The molecule has 1 aliphatic rings. The summed E-state index contributed by atoms with van der Waals surface area (Å²) in [6, 6.07) is 5.02. The molecular formula is C12H13BrClF. The SMILES string of the molecule is CC(Br)C1(Cc2ccc(F)c(Cl)c2)CC1. The second-order valence-corrected chi connectivity index (χ2v) is 6.18. The van der Waals surface area contributed by atoms with Gasteiger partial charge in [0, 0.05) is 4.83 Å². The smallest absolute Gasteiger partial charge is 0.141 e. The zero-order chi connectivity index (χ0) is 11.1. The maximum absolute atomic E-state index is 13.0. The normalized spacial score (nSPS) is 20.0. The Morgan fingerprint density at radius 3 is 2.67 bits per heavy atom. The van der Waals surface area contributed by atoms with Crippen LogP contribution in [0.5, 0.6) is 0 Å². The Morgan fingerprint density at radius 1 is 1.53 bits per heavy atom. The minimum atomic E-state index is -0.336. The van der Waals surface area contributed by atoms with E-state index in [4.69, 9.17) is 11.6 Å². The summed E-state index contributed by atoms with van der Waals surface area (Å²) in [6.07, 6.45) is 3.47. The average Bonchev–Trinajstić information content (AvgIpc) is 2.93. The lowest BCUT2D eigenvalue weighted by Gasteiger charge is -2.18. The molecule has 0 nitrogen and oxygen atoms in total. The van der Waals surface area contributed by atoms with Crippen LogP contribution in [0.2, 0.25) is 5.02 Å². The summed E-state index contributed by atoms with van der Waals surface area (Å²) in [5.41, 5.74) is 1.51. The van der Waals surface area contributed by atoms with Crippen LogP contribution in [0.4, 0.5) is 4.39 Å². The lowest BCUT2D eigenvalue weighted by molar-refractivity contribution is 0.508. The van der Waals surface area contributed by atoms with Gasteiger partial charge in [0.15, 0.2) is 0 Å².